The number of carbonyl (C=O) groups is 1. The lowest BCUT2D eigenvalue weighted by Crippen LogP contribution is -2.27. The van der Waals surface area contributed by atoms with Gasteiger partial charge in [0.25, 0.3) is 0 Å². The number of carbonyl (C=O) groups excluding carboxylic acids is 1. The van der Waals surface area contributed by atoms with Gasteiger partial charge in [0.2, 0.25) is 6.29 Å². The molecule has 3 aromatic carbocycles. The second kappa shape index (κ2) is 11.5. The van der Waals surface area contributed by atoms with Crippen LogP contribution in [0.2, 0.25) is 0 Å². The maximum absolute atomic E-state index is 11.4. The van der Waals surface area contributed by atoms with E-state index in [1.807, 2.05) is 54.6 Å². The summed E-state index contributed by atoms with van der Waals surface area (Å²) in [6, 6.07) is 23.1. The molecule has 168 valence electrons. The molecule has 0 heterocycles. The number of nitrogens with zero attached hydrogens (tertiary/aromatic N) is 1. The van der Waals surface area contributed by atoms with Gasteiger partial charge in [0, 0.05) is 12.5 Å². The van der Waals surface area contributed by atoms with E-state index in [0.717, 1.165) is 28.3 Å². The molecule has 0 radical (unpaired) electrons. The Kier molecular flexibility index (Phi) is 8.41. The van der Waals surface area contributed by atoms with Crippen molar-refractivity contribution in [3.05, 3.63) is 90.0 Å². The molecule has 7 heteroatoms. The lowest BCUT2D eigenvalue weighted by Gasteiger charge is -2.22. The van der Waals surface area contributed by atoms with E-state index in [9.17, 15) is 9.90 Å². The fourth-order valence-electron chi connectivity index (χ4n) is 3.22. The standard InChI is InChI=1S/C25H28N2O4S/c1-2-3-15-23(31-22-14-8-12-20(17-22)27(32)25(26)29)30-21-13-7-11-19(16-21)24(28)18-9-5-4-6-10-18/h4-14,16-17,23-24,28,32H,2-3,15H2,1H3,(H2,26,29). The Balaban J connectivity index is 1.76. The van der Waals surface area contributed by atoms with Crippen LogP contribution in [0, 0.1) is 0 Å². The van der Waals surface area contributed by atoms with Crippen molar-refractivity contribution >= 4 is 24.5 Å². The molecule has 0 aliphatic heterocycles. The first kappa shape index (κ1) is 23.5. The third-order valence-electron chi connectivity index (χ3n) is 4.89. The van der Waals surface area contributed by atoms with Crippen LogP contribution in [-0.2, 0) is 0 Å². The zero-order valence-electron chi connectivity index (χ0n) is 17.9. The van der Waals surface area contributed by atoms with Crippen molar-refractivity contribution in [3.8, 4) is 11.5 Å². The highest BCUT2D eigenvalue weighted by molar-refractivity contribution is 7.82. The highest BCUT2D eigenvalue weighted by Gasteiger charge is 2.16. The fourth-order valence-corrected chi connectivity index (χ4v) is 3.34. The monoisotopic (exact) mass is 452 g/mol. The maximum Gasteiger partial charge on any atom is 0.329 e. The first-order chi connectivity index (χ1) is 15.5. The van der Waals surface area contributed by atoms with Gasteiger partial charge in [0.15, 0.2) is 0 Å². The van der Waals surface area contributed by atoms with Crippen molar-refractivity contribution in [2.45, 2.75) is 38.6 Å². The van der Waals surface area contributed by atoms with Crippen molar-refractivity contribution in [1.82, 2.24) is 0 Å². The normalized spacial score (nSPS) is 12.6. The number of hydrogen-bond acceptors (Lipinski definition) is 5. The minimum atomic E-state index is -0.749. The van der Waals surface area contributed by atoms with Crippen molar-refractivity contribution in [2.24, 2.45) is 5.73 Å². The van der Waals surface area contributed by atoms with Gasteiger partial charge in [-0.15, -0.1) is 0 Å². The van der Waals surface area contributed by atoms with Crippen molar-refractivity contribution in [3.63, 3.8) is 0 Å². The summed E-state index contributed by atoms with van der Waals surface area (Å²) in [5.41, 5.74) is 7.34. The Morgan fingerprint density at radius 3 is 2.25 bits per heavy atom. The Hall–Kier alpha value is -3.16. The predicted molar refractivity (Wildman–Crippen MR) is 129 cm³/mol. The molecular weight excluding hydrogens is 424 g/mol. The number of ether oxygens (including phenoxy) is 2. The van der Waals surface area contributed by atoms with E-state index >= 15 is 0 Å². The molecule has 32 heavy (non-hydrogen) atoms. The van der Waals surface area contributed by atoms with Gasteiger partial charge in [-0.2, -0.15) is 0 Å². The molecule has 0 fully saturated rings. The molecule has 0 aliphatic rings. The number of primary amides is 1. The molecule has 0 spiro atoms. The second-order valence-corrected chi connectivity index (χ2v) is 7.74. The van der Waals surface area contributed by atoms with Gasteiger partial charge in [0.1, 0.15) is 17.6 Å². The third kappa shape index (κ3) is 6.42. The molecule has 3 rings (SSSR count). The van der Waals surface area contributed by atoms with E-state index in [2.05, 4.69) is 19.7 Å². The number of aliphatic hydroxyl groups excluding tert-OH is 1. The van der Waals surface area contributed by atoms with Crippen molar-refractivity contribution in [1.29, 1.82) is 0 Å². The van der Waals surface area contributed by atoms with Gasteiger partial charge in [-0.05, 0) is 41.8 Å². The van der Waals surface area contributed by atoms with Crippen LogP contribution in [0.25, 0.3) is 0 Å². The summed E-state index contributed by atoms with van der Waals surface area (Å²) in [7, 11) is 0. The number of nitrogens with two attached hydrogens (primary N) is 1. The van der Waals surface area contributed by atoms with E-state index in [-0.39, 0.29) is 0 Å². The van der Waals surface area contributed by atoms with Gasteiger partial charge < -0.3 is 20.3 Å². The van der Waals surface area contributed by atoms with Crippen molar-refractivity contribution < 1.29 is 19.4 Å². The van der Waals surface area contributed by atoms with Gasteiger partial charge in [-0.25, -0.2) is 9.10 Å². The number of anilines is 1. The molecule has 0 saturated carbocycles. The molecular formula is C25H28N2O4S. The van der Waals surface area contributed by atoms with E-state index in [1.54, 1.807) is 24.3 Å². The highest BCUT2D eigenvalue weighted by Crippen LogP contribution is 2.28. The van der Waals surface area contributed by atoms with E-state index < -0.39 is 18.4 Å². The predicted octanol–water partition coefficient (Wildman–Crippen LogP) is 5.47. The highest BCUT2D eigenvalue weighted by atomic mass is 32.1. The minimum absolute atomic E-state index is 0.501. The van der Waals surface area contributed by atoms with Crippen LogP contribution in [0.4, 0.5) is 10.5 Å². The number of aliphatic hydroxyl groups is 1. The summed E-state index contributed by atoms with van der Waals surface area (Å²) in [5, 5.41) is 10.7. The number of rotatable bonds is 10. The van der Waals surface area contributed by atoms with E-state index in [0.29, 0.717) is 23.6 Å². The van der Waals surface area contributed by atoms with Crippen LogP contribution < -0.4 is 19.5 Å². The first-order valence-electron chi connectivity index (χ1n) is 10.5. The van der Waals surface area contributed by atoms with E-state index in [4.69, 9.17) is 15.2 Å². The van der Waals surface area contributed by atoms with Crippen molar-refractivity contribution in [2.75, 3.05) is 4.31 Å². The number of unbranched alkanes of at least 4 members (excludes halogenated alkanes) is 1. The van der Waals surface area contributed by atoms with Crippen LogP contribution in [0.15, 0.2) is 78.9 Å². The molecule has 6 nitrogen and oxygen atoms in total. The summed E-state index contributed by atoms with van der Waals surface area (Å²) in [4.78, 5) is 11.4. The average Bonchev–Trinajstić information content (AvgIpc) is 2.82. The largest absolute Gasteiger partial charge is 0.455 e. The number of amides is 2. The van der Waals surface area contributed by atoms with Crippen LogP contribution in [0.5, 0.6) is 11.5 Å². The maximum atomic E-state index is 11.4. The Labute approximate surface area is 194 Å². The number of hydrogen-bond donors (Lipinski definition) is 3. The number of urea groups is 1. The molecule has 0 bridgehead atoms. The van der Waals surface area contributed by atoms with Gasteiger partial charge in [-0.1, -0.05) is 74.7 Å². The van der Waals surface area contributed by atoms with Crippen LogP contribution in [-0.4, -0.2) is 17.4 Å². The lowest BCUT2D eigenvalue weighted by molar-refractivity contribution is -0.00223. The second-order valence-electron chi connectivity index (χ2n) is 7.34. The summed E-state index contributed by atoms with van der Waals surface area (Å²) >= 11 is 4.10. The summed E-state index contributed by atoms with van der Waals surface area (Å²) < 4.78 is 13.3. The molecule has 3 aromatic rings. The fraction of sp³-hybridized carbons (Fsp3) is 0.240. The van der Waals surface area contributed by atoms with Gasteiger partial charge >= 0.3 is 6.03 Å². The zero-order valence-corrected chi connectivity index (χ0v) is 18.8. The molecule has 0 aromatic heterocycles. The van der Waals surface area contributed by atoms with Crippen LogP contribution in [0.3, 0.4) is 0 Å². The topological polar surface area (TPSA) is 85.0 Å². The molecule has 2 atom stereocenters. The number of benzene rings is 3. The van der Waals surface area contributed by atoms with Gasteiger partial charge in [-0.3, -0.25) is 0 Å². The summed E-state index contributed by atoms with van der Waals surface area (Å²) in [6.45, 7) is 2.10. The average molecular weight is 453 g/mol. The Bertz CT molecular complexity index is 1020. The van der Waals surface area contributed by atoms with Crippen LogP contribution in [0.1, 0.15) is 43.4 Å². The Morgan fingerprint density at radius 1 is 0.969 bits per heavy atom. The van der Waals surface area contributed by atoms with Gasteiger partial charge in [0.05, 0.1) is 5.69 Å². The third-order valence-corrected chi connectivity index (χ3v) is 5.32. The zero-order chi connectivity index (χ0) is 22.9. The molecule has 0 aliphatic carbocycles. The smallest absolute Gasteiger partial charge is 0.329 e. The van der Waals surface area contributed by atoms with Crippen LogP contribution >= 0.6 is 12.8 Å². The quantitative estimate of drug-likeness (QED) is 0.281. The van der Waals surface area contributed by atoms with E-state index in [1.165, 1.54) is 0 Å². The Morgan fingerprint density at radius 2 is 1.59 bits per heavy atom. The molecule has 3 N–H and O–H groups in total. The SMILES string of the molecule is CCCCC(Oc1cccc(C(O)c2ccccc2)c1)Oc1cccc(N(S)C(N)=O)c1. The minimum Gasteiger partial charge on any atom is -0.455 e. The summed E-state index contributed by atoms with van der Waals surface area (Å²) in [5.74, 6) is 1.13. The first-order valence-corrected chi connectivity index (χ1v) is 10.9. The lowest BCUT2D eigenvalue weighted by atomic mass is 10.0. The molecule has 0 saturated heterocycles. The summed E-state index contributed by atoms with van der Waals surface area (Å²) in [6.07, 6.45) is 1.28. The number of thiol groups is 1. The molecule has 2 unspecified atom stereocenters. The molecule has 2 amide bonds.